The first-order valence-electron chi connectivity index (χ1n) is 6.23. The Morgan fingerprint density at radius 3 is 2.53 bits per heavy atom. The summed E-state index contributed by atoms with van der Waals surface area (Å²) < 4.78 is 5.76. The molecule has 1 saturated heterocycles. The second-order valence-electron chi connectivity index (χ2n) is 6.32. The third kappa shape index (κ3) is 4.98. The van der Waals surface area contributed by atoms with Crippen molar-refractivity contribution in [3.05, 3.63) is 0 Å². The molecule has 2 heteroatoms. The normalized spacial score (nSPS) is 28.4. The largest absolute Gasteiger partial charge is 0.378 e. The first kappa shape index (κ1) is 13.0. The van der Waals surface area contributed by atoms with E-state index < -0.39 is 0 Å². The van der Waals surface area contributed by atoms with Crippen LogP contribution in [0.15, 0.2) is 0 Å². The lowest BCUT2D eigenvalue weighted by molar-refractivity contribution is -0.0252. The molecule has 0 aromatic heterocycles. The van der Waals surface area contributed by atoms with Gasteiger partial charge in [-0.15, -0.1) is 0 Å². The van der Waals surface area contributed by atoms with Crippen LogP contribution in [-0.2, 0) is 4.74 Å². The van der Waals surface area contributed by atoms with Gasteiger partial charge in [-0.2, -0.15) is 0 Å². The fraction of sp³-hybridized carbons (Fsp3) is 1.00. The summed E-state index contributed by atoms with van der Waals surface area (Å²) in [6.45, 7) is 13.3. The van der Waals surface area contributed by atoms with E-state index in [9.17, 15) is 0 Å². The van der Waals surface area contributed by atoms with Crippen molar-refractivity contribution < 1.29 is 4.74 Å². The van der Waals surface area contributed by atoms with E-state index in [2.05, 4.69) is 39.9 Å². The summed E-state index contributed by atoms with van der Waals surface area (Å²) in [4.78, 5) is 0. The van der Waals surface area contributed by atoms with Crippen molar-refractivity contribution in [3.8, 4) is 0 Å². The Balaban J connectivity index is 2.30. The van der Waals surface area contributed by atoms with E-state index in [0.29, 0.717) is 23.5 Å². The molecule has 0 amide bonds. The molecule has 2 nitrogen and oxygen atoms in total. The maximum Gasteiger partial charge on any atom is 0.0612 e. The third-order valence-electron chi connectivity index (χ3n) is 2.98. The van der Waals surface area contributed by atoms with Crippen LogP contribution >= 0.6 is 0 Å². The summed E-state index contributed by atoms with van der Waals surface area (Å²) in [5.41, 5.74) is 0.381. The zero-order valence-corrected chi connectivity index (χ0v) is 11.0. The smallest absolute Gasteiger partial charge is 0.0612 e. The zero-order valence-electron chi connectivity index (χ0n) is 11.0. The summed E-state index contributed by atoms with van der Waals surface area (Å²) in [6, 6.07) is 0.658. The van der Waals surface area contributed by atoms with Crippen LogP contribution in [0.3, 0.4) is 0 Å². The lowest BCUT2D eigenvalue weighted by Gasteiger charge is -2.34. The molecule has 90 valence electrons. The molecule has 15 heavy (non-hydrogen) atoms. The summed E-state index contributed by atoms with van der Waals surface area (Å²) in [5, 5.41) is 3.67. The molecular weight excluding hydrogens is 186 g/mol. The van der Waals surface area contributed by atoms with E-state index in [4.69, 9.17) is 4.74 Å². The standard InChI is InChI=1S/C13H27NO/c1-10(2)12-8-11(6-7-15-12)14-9-13(3,4)5/h10-12,14H,6-9H2,1-5H3. The SMILES string of the molecule is CC(C)C1CC(NCC(C)(C)C)CCO1. The topological polar surface area (TPSA) is 21.3 Å². The van der Waals surface area contributed by atoms with Crippen molar-refractivity contribution in [3.63, 3.8) is 0 Å². The van der Waals surface area contributed by atoms with Crippen molar-refractivity contribution in [1.29, 1.82) is 0 Å². The van der Waals surface area contributed by atoms with E-state index in [1.807, 2.05) is 0 Å². The van der Waals surface area contributed by atoms with Gasteiger partial charge in [0.1, 0.15) is 0 Å². The van der Waals surface area contributed by atoms with Gasteiger partial charge in [-0.3, -0.25) is 0 Å². The number of hydrogen-bond acceptors (Lipinski definition) is 2. The van der Waals surface area contributed by atoms with Crippen LogP contribution in [-0.4, -0.2) is 25.3 Å². The second kappa shape index (κ2) is 5.31. The van der Waals surface area contributed by atoms with E-state index in [1.54, 1.807) is 0 Å². The number of hydrogen-bond donors (Lipinski definition) is 1. The Labute approximate surface area is 94.8 Å². The summed E-state index contributed by atoms with van der Waals surface area (Å²) in [5.74, 6) is 0.643. The van der Waals surface area contributed by atoms with Crippen LogP contribution in [0.25, 0.3) is 0 Å². The van der Waals surface area contributed by atoms with Crippen molar-refractivity contribution in [1.82, 2.24) is 5.32 Å². The first-order valence-corrected chi connectivity index (χ1v) is 6.23. The number of nitrogens with one attached hydrogen (secondary N) is 1. The fourth-order valence-electron chi connectivity index (χ4n) is 1.93. The summed E-state index contributed by atoms with van der Waals surface area (Å²) in [7, 11) is 0. The minimum Gasteiger partial charge on any atom is -0.378 e. The average Bonchev–Trinajstić information content (AvgIpc) is 2.14. The third-order valence-corrected chi connectivity index (χ3v) is 2.98. The molecule has 0 spiro atoms. The van der Waals surface area contributed by atoms with E-state index in [0.717, 1.165) is 13.2 Å². The Morgan fingerprint density at radius 1 is 1.33 bits per heavy atom. The monoisotopic (exact) mass is 213 g/mol. The van der Waals surface area contributed by atoms with Gasteiger partial charge in [0.2, 0.25) is 0 Å². The van der Waals surface area contributed by atoms with Gasteiger partial charge >= 0.3 is 0 Å². The molecule has 1 aliphatic rings. The number of ether oxygens (including phenoxy) is 1. The molecule has 2 unspecified atom stereocenters. The maximum atomic E-state index is 5.76. The van der Waals surface area contributed by atoms with Gasteiger partial charge in [0.05, 0.1) is 6.10 Å². The molecule has 1 fully saturated rings. The highest BCUT2D eigenvalue weighted by atomic mass is 16.5. The predicted octanol–water partition coefficient (Wildman–Crippen LogP) is 2.83. The molecular formula is C13H27NO. The van der Waals surface area contributed by atoms with Gasteiger partial charge in [0.25, 0.3) is 0 Å². The molecule has 0 saturated carbocycles. The lowest BCUT2D eigenvalue weighted by atomic mass is 9.93. The quantitative estimate of drug-likeness (QED) is 0.778. The molecule has 1 rings (SSSR count). The molecule has 1 heterocycles. The minimum absolute atomic E-state index is 0.381. The second-order valence-corrected chi connectivity index (χ2v) is 6.32. The van der Waals surface area contributed by atoms with E-state index >= 15 is 0 Å². The first-order chi connectivity index (χ1) is 6.88. The molecule has 1 aliphatic heterocycles. The highest BCUT2D eigenvalue weighted by molar-refractivity contribution is 4.80. The van der Waals surface area contributed by atoms with Crippen molar-refractivity contribution in [2.75, 3.05) is 13.2 Å². The lowest BCUT2D eigenvalue weighted by Crippen LogP contribution is -2.43. The van der Waals surface area contributed by atoms with Crippen molar-refractivity contribution >= 4 is 0 Å². The molecule has 0 radical (unpaired) electrons. The Bertz CT molecular complexity index is 183. The van der Waals surface area contributed by atoms with Crippen LogP contribution in [0, 0.1) is 11.3 Å². The predicted molar refractivity (Wildman–Crippen MR) is 65.1 cm³/mol. The molecule has 0 aromatic rings. The number of rotatable bonds is 3. The van der Waals surface area contributed by atoms with Crippen LogP contribution in [0.5, 0.6) is 0 Å². The average molecular weight is 213 g/mol. The Kier molecular flexibility index (Phi) is 4.60. The van der Waals surface area contributed by atoms with Gasteiger partial charge in [0.15, 0.2) is 0 Å². The van der Waals surface area contributed by atoms with E-state index in [-0.39, 0.29) is 0 Å². The van der Waals surface area contributed by atoms with Gasteiger partial charge < -0.3 is 10.1 Å². The summed E-state index contributed by atoms with van der Waals surface area (Å²) >= 11 is 0. The Morgan fingerprint density at radius 2 is 2.00 bits per heavy atom. The van der Waals surface area contributed by atoms with Crippen LogP contribution < -0.4 is 5.32 Å². The molecule has 2 atom stereocenters. The zero-order chi connectivity index (χ0) is 11.5. The molecule has 0 bridgehead atoms. The highest BCUT2D eigenvalue weighted by Gasteiger charge is 2.25. The van der Waals surface area contributed by atoms with Crippen LogP contribution in [0.4, 0.5) is 0 Å². The van der Waals surface area contributed by atoms with Crippen molar-refractivity contribution in [2.24, 2.45) is 11.3 Å². The van der Waals surface area contributed by atoms with Gasteiger partial charge in [0, 0.05) is 19.2 Å². The highest BCUT2D eigenvalue weighted by Crippen LogP contribution is 2.21. The van der Waals surface area contributed by atoms with Gasteiger partial charge in [-0.1, -0.05) is 34.6 Å². The molecule has 1 N–H and O–H groups in total. The Hall–Kier alpha value is -0.0800. The molecule has 0 aromatic carbocycles. The minimum atomic E-state index is 0.381. The van der Waals surface area contributed by atoms with Gasteiger partial charge in [-0.05, 0) is 24.2 Å². The van der Waals surface area contributed by atoms with Gasteiger partial charge in [-0.25, -0.2) is 0 Å². The van der Waals surface area contributed by atoms with E-state index in [1.165, 1.54) is 12.8 Å². The fourth-order valence-corrected chi connectivity index (χ4v) is 1.93. The van der Waals surface area contributed by atoms with Crippen LogP contribution in [0.1, 0.15) is 47.5 Å². The maximum absolute atomic E-state index is 5.76. The summed E-state index contributed by atoms with van der Waals surface area (Å²) in [6.07, 6.45) is 2.80. The van der Waals surface area contributed by atoms with Crippen molar-refractivity contribution in [2.45, 2.75) is 59.6 Å². The molecule has 0 aliphatic carbocycles. The van der Waals surface area contributed by atoms with Crippen LogP contribution in [0.2, 0.25) is 0 Å².